The van der Waals surface area contributed by atoms with Crippen molar-refractivity contribution < 1.29 is 4.74 Å². The molecule has 0 bridgehead atoms. The highest BCUT2D eigenvalue weighted by Crippen LogP contribution is 2.31. The second-order valence-electron chi connectivity index (χ2n) is 4.31. The quantitative estimate of drug-likeness (QED) is 0.854. The fourth-order valence-corrected chi connectivity index (χ4v) is 2.38. The molecule has 0 radical (unpaired) electrons. The van der Waals surface area contributed by atoms with Crippen LogP contribution < -0.4 is 10.5 Å². The molecule has 3 rings (SSSR count). The van der Waals surface area contributed by atoms with Crippen LogP contribution in [0.2, 0.25) is 0 Å². The summed E-state index contributed by atoms with van der Waals surface area (Å²) in [6.07, 6.45) is 3.96. The van der Waals surface area contributed by atoms with Gasteiger partial charge < -0.3 is 10.5 Å². The lowest BCUT2D eigenvalue weighted by Crippen LogP contribution is -2.12. The van der Waals surface area contributed by atoms with Gasteiger partial charge in [-0.3, -0.25) is 0 Å². The minimum absolute atomic E-state index is 0.0960. The number of hydrogen-bond donors (Lipinski definition) is 1. The normalized spacial score (nSPS) is 18.1. The van der Waals surface area contributed by atoms with Crippen molar-refractivity contribution in [3.05, 3.63) is 41.7 Å². The van der Waals surface area contributed by atoms with Crippen LogP contribution in [0.5, 0.6) is 5.75 Å². The van der Waals surface area contributed by atoms with Crippen LogP contribution in [-0.4, -0.2) is 16.9 Å². The molecule has 1 unspecified atom stereocenters. The van der Waals surface area contributed by atoms with E-state index in [1.165, 1.54) is 5.56 Å². The Morgan fingerprint density at radius 3 is 3.18 bits per heavy atom. The summed E-state index contributed by atoms with van der Waals surface area (Å²) in [5, 5.41) is 4.41. The number of aryl methyl sites for hydroxylation is 1. The lowest BCUT2D eigenvalue weighted by Gasteiger charge is -2.10. The minimum atomic E-state index is 0.0960. The van der Waals surface area contributed by atoms with E-state index in [-0.39, 0.29) is 6.04 Å². The van der Waals surface area contributed by atoms with Gasteiger partial charge in [0.25, 0.3) is 0 Å². The van der Waals surface area contributed by atoms with Crippen molar-refractivity contribution in [2.45, 2.75) is 18.9 Å². The number of methoxy groups -OCH3 is 1. The van der Waals surface area contributed by atoms with Crippen molar-refractivity contribution in [2.24, 2.45) is 5.73 Å². The number of nitrogens with zero attached hydrogens (tertiary/aromatic N) is 2. The molecule has 2 aromatic rings. The van der Waals surface area contributed by atoms with Crippen LogP contribution in [0.15, 0.2) is 30.5 Å². The topological polar surface area (TPSA) is 53.1 Å². The predicted molar refractivity (Wildman–Crippen MR) is 65.4 cm³/mol. The first kappa shape index (κ1) is 10.4. The lowest BCUT2D eigenvalue weighted by atomic mass is 10.2. The Kier molecular flexibility index (Phi) is 2.37. The first-order valence-electron chi connectivity index (χ1n) is 5.76. The summed E-state index contributed by atoms with van der Waals surface area (Å²) in [5.74, 6) is 0.832. The number of rotatable bonds is 2. The van der Waals surface area contributed by atoms with Gasteiger partial charge in [0.2, 0.25) is 0 Å². The molecule has 0 spiro atoms. The fraction of sp³-hybridized carbons (Fsp3) is 0.308. The summed E-state index contributed by atoms with van der Waals surface area (Å²) in [5.41, 5.74) is 9.51. The van der Waals surface area contributed by atoms with Crippen LogP contribution in [0, 0.1) is 0 Å². The number of aromatic nitrogens is 2. The Morgan fingerprint density at radius 1 is 1.47 bits per heavy atom. The SMILES string of the molecule is COc1cccc(-n2ncc3c2C(N)CC3)c1. The van der Waals surface area contributed by atoms with Crippen LogP contribution in [0.25, 0.3) is 5.69 Å². The van der Waals surface area contributed by atoms with Crippen molar-refractivity contribution in [3.8, 4) is 11.4 Å². The highest BCUT2D eigenvalue weighted by Gasteiger charge is 2.24. The first-order chi connectivity index (χ1) is 8.29. The van der Waals surface area contributed by atoms with E-state index in [9.17, 15) is 0 Å². The number of nitrogens with two attached hydrogens (primary N) is 1. The molecule has 0 saturated carbocycles. The van der Waals surface area contributed by atoms with Gasteiger partial charge in [0.1, 0.15) is 5.75 Å². The third-order valence-electron chi connectivity index (χ3n) is 3.26. The summed E-state index contributed by atoms with van der Waals surface area (Å²) in [4.78, 5) is 0. The van der Waals surface area contributed by atoms with Gasteiger partial charge in [-0.05, 0) is 30.5 Å². The Bertz CT molecular complexity index is 547. The second kappa shape index (κ2) is 3.89. The van der Waals surface area contributed by atoms with E-state index in [4.69, 9.17) is 10.5 Å². The van der Waals surface area contributed by atoms with Gasteiger partial charge in [-0.15, -0.1) is 0 Å². The molecule has 1 aromatic carbocycles. The van der Waals surface area contributed by atoms with E-state index < -0.39 is 0 Å². The average molecular weight is 229 g/mol. The van der Waals surface area contributed by atoms with Gasteiger partial charge >= 0.3 is 0 Å². The maximum absolute atomic E-state index is 6.11. The van der Waals surface area contributed by atoms with Gasteiger partial charge in [-0.1, -0.05) is 6.07 Å². The maximum atomic E-state index is 6.11. The summed E-state index contributed by atoms with van der Waals surface area (Å²) in [6.45, 7) is 0. The zero-order valence-electron chi connectivity index (χ0n) is 9.76. The zero-order chi connectivity index (χ0) is 11.8. The summed E-state index contributed by atoms with van der Waals surface area (Å²) < 4.78 is 7.15. The lowest BCUT2D eigenvalue weighted by molar-refractivity contribution is 0.414. The Morgan fingerprint density at radius 2 is 2.35 bits per heavy atom. The van der Waals surface area contributed by atoms with Crippen LogP contribution >= 0.6 is 0 Å². The van der Waals surface area contributed by atoms with E-state index in [1.807, 2.05) is 35.1 Å². The molecule has 1 atom stereocenters. The highest BCUT2D eigenvalue weighted by molar-refractivity contribution is 5.42. The van der Waals surface area contributed by atoms with Crippen molar-refractivity contribution in [3.63, 3.8) is 0 Å². The molecular formula is C13H15N3O. The molecule has 0 saturated heterocycles. The van der Waals surface area contributed by atoms with Gasteiger partial charge in [0.15, 0.2) is 0 Å². The highest BCUT2D eigenvalue weighted by atomic mass is 16.5. The Labute approximate surface area is 100 Å². The summed E-state index contributed by atoms with van der Waals surface area (Å²) in [7, 11) is 1.67. The van der Waals surface area contributed by atoms with Crippen molar-refractivity contribution >= 4 is 0 Å². The van der Waals surface area contributed by atoms with Gasteiger partial charge in [-0.25, -0.2) is 4.68 Å². The van der Waals surface area contributed by atoms with Gasteiger partial charge in [0, 0.05) is 12.1 Å². The largest absolute Gasteiger partial charge is 0.497 e. The van der Waals surface area contributed by atoms with Crippen molar-refractivity contribution in [2.75, 3.05) is 7.11 Å². The predicted octanol–water partition coefficient (Wildman–Crippen LogP) is 1.83. The maximum Gasteiger partial charge on any atom is 0.121 e. The molecule has 1 aliphatic carbocycles. The monoisotopic (exact) mass is 229 g/mol. The third kappa shape index (κ3) is 1.61. The van der Waals surface area contributed by atoms with E-state index in [1.54, 1.807) is 7.11 Å². The fourth-order valence-electron chi connectivity index (χ4n) is 2.38. The molecule has 0 amide bonds. The summed E-state index contributed by atoms with van der Waals surface area (Å²) >= 11 is 0. The molecule has 1 heterocycles. The second-order valence-corrected chi connectivity index (χ2v) is 4.31. The molecule has 4 nitrogen and oxygen atoms in total. The van der Waals surface area contributed by atoms with Gasteiger partial charge in [0.05, 0.1) is 24.7 Å². The van der Waals surface area contributed by atoms with Crippen LogP contribution in [0.4, 0.5) is 0 Å². The zero-order valence-corrected chi connectivity index (χ0v) is 9.76. The minimum Gasteiger partial charge on any atom is -0.497 e. The number of ether oxygens (including phenoxy) is 1. The standard InChI is InChI=1S/C13H15N3O/c1-17-11-4-2-3-10(7-11)16-13-9(8-15-16)5-6-12(13)14/h2-4,7-8,12H,5-6,14H2,1H3. The molecule has 1 aliphatic rings. The van der Waals surface area contributed by atoms with Crippen molar-refractivity contribution in [1.82, 2.24) is 9.78 Å². The number of benzene rings is 1. The first-order valence-corrected chi connectivity index (χ1v) is 5.76. The van der Waals surface area contributed by atoms with Crippen LogP contribution in [0.3, 0.4) is 0 Å². The number of hydrogen-bond acceptors (Lipinski definition) is 3. The Hall–Kier alpha value is -1.81. The smallest absolute Gasteiger partial charge is 0.121 e. The van der Waals surface area contributed by atoms with E-state index >= 15 is 0 Å². The van der Waals surface area contributed by atoms with Crippen molar-refractivity contribution in [1.29, 1.82) is 0 Å². The van der Waals surface area contributed by atoms with Crippen LogP contribution in [0.1, 0.15) is 23.7 Å². The van der Waals surface area contributed by atoms with E-state index in [0.717, 1.165) is 30.0 Å². The number of fused-ring (bicyclic) bond motifs is 1. The molecule has 1 aromatic heterocycles. The molecule has 88 valence electrons. The molecule has 17 heavy (non-hydrogen) atoms. The molecule has 4 heteroatoms. The van der Waals surface area contributed by atoms with E-state index in [2.05, 4.69) is 5.10 Å². The molecular weight excluding hydrogens is 214 g/mol. The third-order valence-corrected chi connectivity index (χ3v) is 3.26. The summed E-state index contributed by atoms with van der Waals surface area (Å²) in [6, 6.07) is 7.97. The van der Waals surface area contributed by atoms with Crippen LogP contribution in [-0.2, 0) is 6.42 Å². The average Bonchev–Trinajstić information content (AvgIpc) is 2.93. The molecule has 0 fully saturated rings. The molecule has 0 aliphatic heterocycles. The van der Waals surface area contributed by atoms with E-state index in [0.29, 0.717) is 0 Å². The molecule has 2 N–H and O–H groups in total. The Balaban J connectivity index is 2.10. The van der Waals surface area contributed by atoms with Gasteiger partial charge in [-0.2, -0.15) is 5.10 Å².